The van der Waals surface area contributed by atoms with E-state index >= 15 is 0 Å². The molecule has 5 heteroatoms. The first-order chi connectivity index (χ1) is 11.4. The Morgan fingerprint density at radius 2 is 1.13 bits per heavy atom. The number of hydrogen-bond donors (Lipinski definition) is 1. The van der Waals surface area contributed by atoms with E-state index in [0.29, 0.717) is 0 Å². The predicted octanol–water partition coefficient (Wildman–Crippen LogP) is 5.20. The van der Waals surface area contributed by atoms with Gasteiger partial charge in [-0.25, -0.2) is 0 Å². The Morgan fingerprint density at radius 3 is 1.70 bits per heavy atom. The monoisotopic (exact) mass is 349 g/mol. The Morgan fingerprint density at radius 1 is 0.609 bits per heavy atom. The number of hydrogen-bond acceptors (Lipinski definition) is 4. The zero-order chi connectivity index (χ0) is 16.8. The zero-order valence-electron chi connectivity index (χ0n) is 15.3. The van der Waals surface area contributed by atoms with Crippen LogP contribution < -0.4 is 5.73 Å². The molecule has 0 saturated heterocycles. The number of nitrogens with two attached hydrogens (primary N) is 1. The van der Waals surface area contributed by atoms with E-state index < -0.39 is 0 Å². The highest BCUT2D eigenvalue weighted by Crippen LogP contribution is 2.13. The van der Waals surface area contributed by atoms with Crippen molar-refractivity contribution >= 4 is 9.03 Å². The summed E-state index contributed by atoms with van der Waals surface area (Å²) < 4.78 is 16.0. The maximum atomic E-state index is 5.61. The predicted molar refractivity (Wildman–Crippen MR) is 101 cm³/mol. The van der Waals surface area contributed by atoms with E-state index in [4.69, 9.17) is 19.5 Å². The van der Waals surface area contributed by atoms with Crippen molar-refractivity contribution < 1.29 is 13.8 Å². The third-order valence-corrected chi connectivity index (χ3v) is 4.52. The molecule has 0 aliphatic carbocycles. The molecular weight excluding hydrogens is 309 g/mol. The first-order valence-electron chi connectivity index (χ1n) is 9.68. The van der Waals surface area contributed by atoms with E-state index in [1.165, 1.54) is 70.6 Å². The lowest BCUT2D eigenvalue weighted by atomic mass is 10.1. The summed E-state index contributed by atoms with van der Waals surface area (Å²) in [6.45, 7) is 6.00. The van der Waals surface area contributed by atoms with E-state index in [1.54, 1.807) is 0 Å². The molecule has 0 rings (SSSR count). The third kappa shape index (κ3) is 22.3. The average Bonchev–Trinajstić information content (AvgIpc) is 2.57. The molecule has 0 aromatic rings. The van der Waals surface area contributed by atoms with Gasteiger partial charge in [-0.2, -0.15) is 0 Å². The van der Waals surface area contributed by atoms with Crippen LogP contribution in [0.1, 0.15) is 84.0 Å². The fourth-order valence-corrected chi connectivity index (χ4v) is 2.85. The molecule has 4 nitrogen and oxygen atoms in total. The van der Waals surface area contributed by atoms with Crippen molar-refractivity contribution in [2.45, 2.75) is 84.0 Å². The maximum absolute atomic E-state index is 5.61. The molecule has 0 aliphatic rings. The SMILES string of the molecule is CCOPOCCCOCCCCCCCCCCCCCN. The van der Waals surface area contributed by atoms with Gasteiger partial charge in [0.1, 0.15) is 0 Å². The lowest BCUT2D eigenvalue weighted by Gasteiger charge is -2.05. The smallest absolute Gasteiger partial charge is 0.155 e. The second-order valence-corrected chi connectivity index (χ2v) is 6.75. The van der Waals surface area contributed by atoms with Gasteiger partial charge >= 0.3 is 0 Å². The van der Waals surface area contributed by atoms with Crippen LogP contribution in [0.15, 0.2) is 0 Å². The molecule has 0 amide bonds. The Bertz CT molecular complexity index is 189. The van der Waals surface area contributed by atoms with Crippen LogP contribution in [0.4, 0.5) is 0 Å². The first-order valence-corrected chi connectivity index (χ1v) is 10.5. The van der Waals surface area contributed by atoms with Crippen LogP contribution in [-0.2, 0) is 13.8 Å². The van der Waals surface area contributed by atoms with Gasteiger partial charge in [-0.3, -0.25) is 0 Å². The summed E-state index contributed by atoms with van der Waals surface area (Å²) in [6.07, 6.45) is 15.7. The van der Waals surface area contributed by atoms with Crippen molar-refractivity contribution in [3.05, 3.63) is 0 Å². The second kappa shape index (κ2) is 22.3. The van der Waals surface area contributed by atoms with Crippen molar-refractivity contribution in [1.82, 2.24) is 0 Å². The van der Waals surface area contributed by atoms with Crippen molar-refractivity contribution in [2.24, 2.45) is 5.73 Å². The van der Waals surface area contributed by atoms with Crippen molar-refractivity contribution in [3.8, 4) is 0 Å². The topological polar surface area (TPSA) is 53.7 Å². The average molecular weight is 349 g/mol. The van der Waals surface area contributed by atoms with Crippen LogP contribution in [0.25, 0.3) is 0 Å². The quantitative estimate of drug-likeness (QED) is 0.242. The summed E-state index contributed by atoms with van der Waals surface area (Å²) in [5, 5.41) is 0. The molecular formula is C18H40NO3P. The molecule has 0 saturated carbocycles. The molecule has 0 aromatic carbocycles. The molecule has 1 unspecified atom stereocenters. The Balaban J connectivity index is 2.92. The van der Waals surface area contributed by atoms with Gasteiger partial charge in [-0.05, 0) is 32.7 Å². The summed E-state index contributed by atoms with van der Waals surface area (Å²) in [4.78, 5) is 0. The summed E-state index contributed by atoms with van der Waals surface area (Å²) in [6, 6.07) is 0. The summed E-state index contributed by atoms with van der Waals surface area (Å²) in [5.74, 6) is 0. The normalized spacial score (nSPS) is 11.7. The highest BCUT2D eigenvalue weighted by atomic mass is 31.1. The molecule has 0 aliphatic heterocycles. The summed E-state index contributed by atoms with van der Waals surface area (Å²) >= 11 is 0. The fraction of sp³-hybridized carbons (Fsp3) is 1.00. The molecule has 0 radical (unpaired) electrons. The largest absolute Gasteiger partial charge is 0.381 e. The van der Waals surface area contributed by atoms with Crippen LogP contribution in [-0.4, -0.2) is 33.0 Å². The minimum atomic E-state index is 0.183. The van der Waals surface area contributed by atoms with Gasteiger partial charge in [0.05, 0.1) is 13.2 Å². The Hall–Kier alpha value is 0.270. The lowest BCUT2D eigenvalue weighted by molar-refractivity contribution is 0.116. The fourth-order valence-electron chi connectivity index (χ4n) is 2.42. The first kappa shape index (κ1) is 23.3. The summed E-state index contributed by atoms with van der Waals surface area (Å²) in [5.41, 5.74) is 5.49. The highest BCUT2D eigenvalue weighted by Gasteiger charge is 1.94. The lowest BCUT2D eigenvalue weighted by Crippen LogP contribution is -2.00. The van der Waals surface area contributed by atoms with Gasteiger partial charge < -0.3 is 19.5 Å². The van der Waals surface area contributed by atoms with Crippen molar-refractivity contribution in [2.75, 3.05) is 33.0 Å². The molecule has 0 spiro atoms. The number of ether oxygens (including phenoxy) is 1. The summed E-state index contributed by atoms with van der Waals surface area (Å²) in [7, 11) is 0.183. The van der Waals surface area contributed by atoms with Gasteiger partial charge in [0.15, 0.2) is 9.03 Å². The third-order valence-electron chi connectivity index (χ3n) is 3.79. The van der Waals surface area contributed by atoms with Crippen LogP contribution in [0.3, 0.4) is 0 Å². The van der Waals surface area contributed by atoms with Gasteiger partial charge in [0.2, 0.25) is 0 Å². The van der Waals surface area contributed by atoms with Gasteiger partial charge in [-0.1, -0.05) is 57.8 Å². The molecule has 2 N–H and O–H groups in total. The van der Waals surface area contributed by atoms with Crippen LogP contribution in [0, 0.1) is 0 Å². The van der Waals surface area contributed by atoms with Crippen molar-refractivity contribution in [3.63, 3.8) is 0 Å². The van der Waals surface area contributed by atoms with E-state index in [0.717, 1.165) is 39.4 Å². The molecule has 140 valence electrons. The molecule has 0 fully saturated rings. The minimum absolute atomic E-state index is 0.183. The van der Waals surface area contributed by atoms with Gasteiger partial charge in [0, 0.05) is 13.2 Å². The highest BCUT2D eigenvalue weighted by molar-refractivity contribution is 7.26. The Kier molecular flexibility index (Phi) is 22.5. The van der Waals surface area contributed by atoms with Crippen molar-refractivity contribution in [1.29, 1.82) is 0 Å². The van der Waals surface area contributed by atoms with E-state index in [-0.39, 0.29) is 9.03 Å². The van der Waals surface area contributed by atoms with E-state index in [2.05, 4.69) is 0 Å². The van der Waals surface area contributed by atoms with E-state index in [9.17, 15) is 0 Å². The Labute approximate surface area is 146 Å². The minimum Gasteiger partial charge on any atom is -0.381 e. The number of rotatable bonds is 20. The van der Waals surface area contributed by atoms with Crippen LogP contribution >= 0.6 is 9.03 Å². The van der Waals surface area contributed by atoms with Gasteiger partial charge in [0.25, 0.3) is 0 Å². The molecule has 0 heterocycles. The van der Waals surface area contributed by atoms with Crippen LogP contribution in [0.5, 0.6) is 0 Å². The van der Waals surface area contributed by atoms with Gasteiger partial charge in [-0.15, -0.1) is 0 Å². The zero-order valence-corrected chi connectivity index (χ0v) is 16.3. The molecule has 1 atom stereocenters. The molecule has 0 aromatic heterocycles. The van der Waals surface area contributed by atoms with E-state index in [1.807, 2.05) is 6.92 Å². The molecule has 23 heavy (non-hydrogen) atoms. The van der Waals surface area contributed by atoms with Crippen LogP contribution in [0.2, 0.25) is 0 Å². The number of unbranched alkanes of at least 4 members (excludes halogenated alkanes) is 10. The standard InChI is InChI=1S/C18H40NO3P/c1-2-21-23-22-18-14-17-20-16-13-11-9-7-5-3-4-6-8-10-12-15-19/h23H,2-19H2,1H3. The second-order valence-electron chi connectivity index (χ2n) is 6.01. The maximum Gasteiger partial charge on any atom is 0.155 e. The molecule has 0 bridgehead atoms.